The molecule has 0 spiro atoms. The second-order valence-corrected chi connectivity index (χ2v) is 6.67. The average molecular weight is 355 g/mol. The SMILES string of the molecule is CC(N)Cc1c(F)c2c(NCc3cncs3)nc(Cl)nc2n1C. The Morgan fingerprint density at radius 1 is 1.48 bits per heavy atom. The van der Waals surface area contributed by atoms with Gasteiger partial charge in [0.25, 0.3) is 0 Å². The van der Waals surface area contributed by atoms with Crippen LogP contribution in [0.15, 0.2) is 11.7 Å². The highest BCUT2D eigenvalue weighted by Gasteiger charge is 2.22. The van der Waals surface area contributed by atoms with Crippen LogP contribution in [0, 0.1) is 5.82 Å². The zero-order chi connectivity index (χ0) is 16.6. The number of nitrogens with two attached hydrogens (primary N) is 1. The Hall–Kier alpha value is -1.77. The topological polar surface area (TPSA) is 81.7 Å². The van der Waals surface area contributed by atoms with Gasteiger partial charge in [-0.05, 0) is 18.5 Å². The van der Waals surface area contributed by atoms with Gasteiger partial charge in [0, 0.05) is 30.6 Å². The van der Waals surface area contributed by atoms with E-state index in [0.29, 0.717) is 35.5 Å². The van der Waals surface area contributed by atoms with Gasteiger partial charge in [-0.3, -0.25) is 4.98 Å². The lowest BCUT2D eigenvalue weighted by Crippen LogP contribution is -2.20. The van der Waals surface area contributed by atoms with Gasteiger partial charge in [0.05, 0.1) is 23.1 Å². The Labute approximate surface area is 141 Å². The number of anilines is 1. The second kappa shape index (κ2) is 6.38. The van der Waals surface area contributed by atoms with Crippen molar-refractivity contribution < 1.29 is 4.39 Å². The van der Waals surface area contributed by atoms with E-state index in [1.54, 1.807) is 23.3 Å². The van der Waals surface area contributed by atoms with Gasteiger partial charge in [-0.25, -0.2) is 4.39 Å². The molecule has 0 aromatic carbocycles. The fourth-order valence-corrected chi connectivity index (χ4v) is 3.15. The van der Waals surface area contributed by atoms with E-state index in [9.17, 15) is 4.39 Å². The molecule has 3 rings (SSSR count). The van der Waals surface area contributed by atoms with Crippen LogP contribution in [0.3, 0.4) is 0 Å². The fourth-order valence-electron chi connectivity index (χ4n) is 2.45. The molecular formula is C14H16ClFN6S. The van der Waals surface area contributed by atoms with E-state index in [4.69, 9.17) is 17.3 Å². The Kier molecular flexibility index (Phi) is 4.47. The van der Waals surface area contributed by atoms with Crippen molar-refractivity contribution in [3.8, 4) is 0 Å². The largest absolute Gasteiger partial charge is 0.364 e. The number of hydrogen-bond donors (Lipinski definition) is 2. The molecule has 9 heteroatoms. The molecule has 1 unspecified atom stereocenters. The number of fused-ring (bicyclic) bond motifs is 1. The maximum Gasteiger partial charge on any atom is 0.226 e. The van der Waals surface area contributed by atoms with Gasteiger partial charge in [-0.2, -0.15) is 9.97 Å². The van der Waals surface area contributed by atoms with E-state index in [-0.39, 0.29) is 17.1 Å². The Balaban J connectivity index is 2.06. The molecular weight excluding hydrogens is 339 g/mol. The van der Waals surface area contributed by atoms with Crippen LogP contribution >= 0.6 is 22.9 Å². The Morgan fingerprint density at radius 3 is 2.91 bits per heavy atom. The second-order valence-electron chi connectivity index (χ2n) is 5.36. The summed E-state index contributed by atoms with van der Waals surface area (Å²) in [4.78, 5) is 13.3. The summed E-state index contributed by atoms with van der Waals surface area (Å²) in [5, 5.41) is 3.51. The van der Waals surface area contributed by atoms with E-state index >= 15 is 0 Å². The number of aromatic nitrogens is 4. The standard InChI is InChI=1S/C14H16ClFN6S/c1-7(17)3-9-11(16)10-12(19-5-8-4-18-6-23-8)20-14(15)21-13(10)22(9)2/h4,6-7H,3,5,17H2,1-2H3,(H,19,20,21). The molecule has 0 fully saturated rings. The van der Waals surface area contributed by atoms with E-state index in [2.05, 4.69) is 20.3 Å². The zero-order valence-corrected chi connectivity index (χ0v) is 14.2. The van der Waals surface area contributed by atoms with Crippen LogP contribution in [0.2, 0.25) is 5.28 Å². The third-order valence-corrected chi connectivity index (χ3v) is 4.44. The van der Waals surface area contributed by atoms with Crippen molar-refractivity contribution in [1.82, 2.24) is 19.5 Å². The lowest BCUT2D eigenvalue weighted by atomic mass is 10.2. The van der Waals surface area contributed by atoms with Crippen LogP contribution in [0.1, 0.15) is 17.5 Å². The molecule has 3 N–H and O–H groups in total. The van der Waals surface area contributed by atoms with Crippen LogP contribution in [-0.2, 0) is 20.0 Å². The smallest absolute Gasteiger partial charge is 0.226 e. The number of rotatable bonds is 5. The van der Waals surface area contributed by atoms with Crippen molar-refractivity contribution in [3.63, 3.8) is 0 Å². The summed E-state index contributed by atoms with van der Waals surface area (Å²) < 4.78 is 16.5. The highest BCUT2D eigenvalue weighted by Crippen LogP contribution is 2.30. The van der Waals surface area contributed by atoms with E-state index in [1.165, 1.54) is 11.3 Å². The molecule has 0 radical (unpaired) electrons. The molecule has 3 aromatic rings. The van der Waals surface area contributed by atoms with Gasteiger partial charge in [-0.15, -0.1) is 11.3 Å². The number of halogens is 2. The lowest BCUT2D eigenvalue weighted by Gasteiger charge is -2.06. The zero-order valence-electron chi connectivity index (χ0n) is 12.7. The first-order valence-electron chi connectivity index (χ1n) is 7.04. The predicted molar refractivity (Wildman–Crippen MR) is 90.3 cm³/mol. The summed E-state index contributed by atoms with van der Waals surface area (Å²) in [6.07, 6.45) is 2.16. The molecule has 1 atom stereocenters. The molecule has 0 aliphatic carbocycles. The molecule has 0 saturated heterocycles. The lowest BCUT2D eigenvalue weighted by molar-refractivity contribution is 0.586. The van der Waals surface area contributed by atoms with Crippen molar-refractivity contribution in [2.45, 2.75) is 25.9 Å². The summed E-state index contributed by atoms with van der Waals surface area (Å²) in [6.45, 7) is 2.32. The molecule has 3 heterocycles. The molecule has 0 aliphatic rings. The molecule has 0 bridgehead atoms. The van der Waals surface area contributed by atoms with E-state index in [0.717, 1.165) is 4.88 Å². The summed E-state index contributed by atoms with van der Waals surface area (Å²) in [5.41, 5.74) is 8.49. The van der Waals surface area contributed by atoms with Crippen molar-refractivity contribution in [2.24, 2.45) is 12.8 Å². The minimum absolute atomic E-state index is 0.0669. The quantitative estimate of drug-likeness (QED) is 0.688. The van der Waals surface area contributed by atoms with Crippen molar-refractivity contribution in [2.75, 3.05) is 5.32 Å². The summed E-state index contributed by atoms with van der Waals surface area (Å²) in [6, 6.07) is -0.162. The van der Waals surface area contributed by atoms with Gasteiger partial charge >= 0.3 is 0 Å². The maximum absolute atomic E-state index is 14.9. The summed E-state index contributed by atoms with van der Waals surface area (Å²) in [5.74, 6) is 0.0145. The first-order chi connectivity index (χ1) is 11.0. The molecule has 3 aromatic heterocycles. The Morgan fingerprint density at radius 2 is 2.26 bits per heavy atom. The molecule has 122 valence electrons. The number of nitrogens with one attached hydrogen (secondary N) is 1. The van der Waals surface area contributed by atoms with E-state index < -0.39 is 0 Å². The van der Waals surface area contributed by atoms with Crippen LogP contribution in [0.5, 0.6) is 0 Å². The molecule has 0 saturated carbocycles. The normalized spacial score (nSPS) is 12.7. The summed E-state index contributed by atoms with van der Waals surface area (Å²) in [7, 11) is 1.75. The third-order valence-electron chi connectivity index (χ3n) is 3.49. The molecule has 0 aliphatic heterocycles. The van der Waals surface area contributed by atoms with Crippen molar-refractivity contribution in [3.05, 3.63) is 33.4 Å². The van der Waals surface area contributed by atoms with Gasteiger partial charge in [0.2, 0.25) is 5.28 Å². The molecule has 23 heavy (non-hydrogen) atoms. The number of nitrogens with zero attached hydrogens (tertiary/aromatic N) is 4. The first-order valence-corrected chi connectivity index (χ1v) is 8.30. The van der Waals surface area contributed by atoms with Crippen LogP contribution < -0.4 is 11.1 Å². The minimum atomic E-state index is -0.358. The van der Waals surface area contributed by atoms with Crippen molar-refractivity contribution in [1.29, 1.82) is 0 Å². The third kappa shape index (κ3) is 3.15. The predicted octanol–water partition coefficient (Wildman–Crippen LogP) is 2.72. The van der Waals surface area contributed by atoms with Gasteiger partial charge in [-0.1, -0.05) is 0 Å². The number of thiazole rings is 1. The highest BCUT2D eigenvalue weighted by molar-refractivity contribution is 7.09. The molecule has 6 nitrogen and oxygen atoms in total. The molecule has 0 amide bonds. The Bertz CT molecular complexity index is 830. The monoisotopic (exact) mass is 354 g/mol. The highest BCUT2D eigenvalue weighted by atomic mass is 35.5. The minimum Gasteiger partial charge on any atom is -0.364 e. The summed E-state index contributed by atoms with van der Waals surface area (Å²) >= 11 is 7.50. The number of aryl methyl sites for hydroxylation is 1. The average Bonchev–Trinajstić information content (AvgIpc) is 3.08. The fraction of sp³-hybridized carbons (Fsp3) is 0.357. The van der Waals surface area contributed by atoms with Crippen LogP contribution in [0.25, 0.3) is 11.0 Å². The van der Waals surface area contributed by atoms with Gasteiger partial charge in [0.15, 0.2) is 5.82 Å². The first kappa shape index (κ1) is 16.1. The van der Waals surface area contributed by atoms with Crippen LogP contribution in [-0.4, -0.2) is 25.6 Å². The number of hydrogen-bond acceptors (Lipinski definition) is 6. The maximum atomic E-state index is 14.9. The van der Waals surface area contributed by atoms with Crippen molar-refractivity contribution >= 4 is 39.8 Å². The van der Waals surface area contributed by atoms with Gasteiger partial charge < -0.3 is 15.6 Å². The van der Waals surface area contributed by atoms with E-state index in [1.807, 2.05) is 6.92 Å². The van der Waals surface area contributed by atoms with Crippen LogP contribution in [0.4, 0.5) is 10.2 Å². The van der Waals surface area contributed by atoms with Gasteiger partial charge in [0.1, 0.15) is 11.5 Å².